The standard InChI is InChI=1S/C38H20F6N4.C32H20F6O2.C3H2N2/c1-19-9-20(2)11-23(10-19)21-5-7-27-29(14-21)33(31(17-45)47-3)36-28-8-6-22(15-30(28)34(35(27)36)32(18-46)48-4)24-12-25(37(39,40)41)16-26(13-24)38(42,43)44;1-15-7-16(2)9-19(8-15)17-3-5-23-25(12-17)29(39)28-24-6-4-18(13-26(24)30(40)27(23)28)20-10-21(31(33,34)35)14-22(11-20)32(36,37)38;1-5-3-2-4/h5-16,35-36H,1-2H3;3-14,27-28H,1-2H3;3H2/b33-31+,34-32-;;. The number of allylic oxidation sites excluding steroid dienone is 4. The van der Waals surface area contributed by atoms with Crippen LogP contribution in [-0.2, 0) is 24.7 Å². The lowest BCUT2D eigenvalue weighted by atomic mass is 9.87. The Bertz CT molecular complexity index is 4720. The van der Waals surface area contributed by atoms with Gasteiger partial charge in [0.1, 0.15) is 6.07 Å². The summed E-state index contributed by atoms with van der Waals surface area (Å²) in [6.07, 6.45) is -20.1. The van der Waals surface area contributed by atoms with Gasteiger partial charge in [0.25, 0.3) is 17.9 Å². The highest BCUT2D eigenvalue weighted by atomic mass is 19.4. The number of nitrogens with zero attached hydrogens (tertiary/aromatic N) is 6. The molecule has 0 radical (unpaired) electrons. The molecule has 0 bridgehead atoms. The van der Waals surface area contributed by atoms with Crippen LogP contribution in [0.4, 0.5) is 52.7 Å². The van der Waals surface area contributed by atoms with Crippen LogP contribution in [-0.4, -0.2) is 18.1 Å². The van der Waals surface area contributed by atoms with Crippen molar-refractivity contribution in [2.45, 2.75) is 76.1 Å². The van der Waals surface area contributed by atoms with E-state index in [2.05, 4.69) is 14.5 Å². The van der Waals surface area contributed by atoms with Crippen molar-refractivity contribution < 1.29 is 62.3 Å². The molecule has 0 saturated carbocycles. The molecule has 8 aromatic carbocycles. The molecule has 0 amide bonds. The van der Waals surface area contributed by atoms with E-state index in [1.54, 1.807) is 18.2 Å². The van der Waals surface area contributed by atoms with E-state index < -0.39 is 70.6 Å². The summed E-state index contributed by atoms with van der Waals surface area (Å²) in [6, 6.07) is 39.6. The molecule has 0 N–H and O–H groups in total. The van der Waals surface area contributed by atoms with Gasteiger partial charge in [-0.3, -0.25) is 9.59 Å². The lowest BCUT2D eigenvalue weighted by molar-refractivity contribution is -0.144. The molecule has 0 saturated heterocycles. The van der Waals surface area contributed by atoms with Crippen molar-refractivity contribution in [2.24, 2.45) is 0 Å². The van der Waals surface area contributed by atoms with E-state index in [0.29, 0.717) is 63.2 Å². The Kier molecular flexibility index (Phi) is 16.8. The fourth-order valence-electron chi connectivity index (χ4n) is 12.9. The van der Waals surface area contributed by atoms with Crippen molar-refractivity contribution in [2.75, 3.05) is 6.54 Å². The van der Waals surface area contributed by atoms with Crippen LogP contribution in [0.1, 0.15) is 122 Å². The number of nitriles is 3. The van der Waals surface area contributed by atoms with Gasteiger partial charge in [0.05, 0.1) is 59.4 Å². The Labute approximate surface area is 524 Å². The molecule has 4 unspecified atom stereocenters. The summed E-state index contributed by atoms with van der Waals surface area (Å²) >= 11 is 0. The molecular weight excluding hydrogens is 1220 g/mol. The smallest absolute Gasteiger partial charge is 0.301 e. The summed E-state index contributed by atoms with van der Waals surface area (Å²) < 4.78 is 162. The van der Waals surface area contributed by atoms with E-state index in [1.807, 2.05) is 100 Å². The second kappa shape index (κ2) is 24.1. The number of fused-ring (bicyclic) bond motifs is 10. The van der Waals surface area contributed by atoms with E-state index in [9.17, 15) is 72.8 Å². The quantitative estimate of drug-likeness (QED) is 0.0753. The van der Waals surface area contributed by atoms with Crippen LogP contribution in [0.15, 0.2) is 157 Å². The van der Waals surface area contributed by atoms with Gasteiger partial charge in [-0.15, -0.1) is 0 Å². The van der Waals surface area contributed by atoms with Crippen LogP contribution in [0, 0.1) is 81.4 Å². The topological polar surface area (TPSA) is 119 Å². The van der Waals surface area contributed by atoms with Crippen LogP contribution in [0.5, 0.6) is 0 Å². The van der Waals surface area contributed by atoms with Crippen molar-refractivity contribution >= 4 is 22.7 Å². The van der Waals surface area contributed by atoms with Crippen LogP contribution in [0.3, 0.4) is 0 Å². The zero-order chi connectivity index (χ0) is 67.6. The largest absolute Gasteiger partial charge is 0.416 e. The number of hydrogen-bond acceptors (Lipinski definition) is 5. The zero-order valence-corrected chi connectivity index (χ0v) is 48.9. The third-order valence-electron chi connectivity index (χ3n) is 16.6. The van der Waals surface area contributed by atoms with Gasteiger partial charge in [-0.1, -0.05) is 107 Å². The summed E-state index contributed by atoms with van der Waals surface area (Å²) in [5.74, 6) is -3.61. The number of aryl methyl sites for hydroxylation is 4. The Morgan fingerprint density at radius 2 is 0.645 bits per heavy atom. The van der Waals surface area contributed by atoms with Crippen LogP contribution < -0.4 is 0 Å². The minimum Gasteiger partial charge on any atom is -0.301 e. The lowest BCUT2D eigenvalue weighted by Gasteiger charge is -2.16. The number of carbonyl (C=O) groups excluding carboxylic acids is 2. The van der Waals surface area contributed by atoms with Crippen LogP contribution in [0.2, 0.25) is 0 Å². The molecule has 8 nitrogen and oxygen atoms in total. The monoisotopic (exact) mass is 1260 g/mol. The fourth-order valence-corrected chi connectivity index (χ4v) is 12.9. The van der Waals surface area contributed by atoms with Gasteiger partial charge in [-0.2, -0.15) is 57.9 Å². The van der Waals surface area contributed by atoms with Crippen molar-refractivity contribution in [3.63, 3.8) is 0 Å². The maximum absolute atomic E-state index is 13.7. The molecule has 0 heterocycles. The molecule has 0 fully saturated rings. The van der Waals surface area contributed by atoms with E-state index >= 15 is 0 Å². The zero-order valence-electron chi connectivity index (χ0n) is 48.9. The Balaban J connectivity index is 0.000000192. The number of Topliss-reactive ketones (excluding diaryl/α,β-unsaturated/α-hetero) is 2. The number of halogens is 12. The maximum Gasteiger partial charge on any atom is 0.416 e. The summed E-state index contributed by atoms with van der Waals surface area (Å²) in [5.41, 5.74) is 4.93. The fraction of sp³-hybridized carbons (Fsp3) is 0.178. The molecule has 93 heavy (non-hydrogen) atoms. The second-order valence-electron chi connectivity index (χ2n) is 22.6. The molecule has 0 spiro atoms. The number of carbonyl (C=O) groups is 2. The highest BCUT2D eigenvalue weighted by Crippen LogP contribution is 2.65. The molecular formula is C73H42F12N6O2. The van der Waals surface area contributed by atoms with Gasteiger partial charge in [-0.25, -0.2) is 26.8 Å². The minimum atomic E-state index is -5.06. The summed E-state index contributed by atoms with van der Waals surface area (Å²) in [5, 5.41) is 27.7. The Morgan fingerprint density at radius 1 is 0.376 bits per heavy atom. The lowest BCUT2D eigenvalue weighted by Crippen LogP contribution is -2.11. The molecule has 0 aromatic heterocycles. The highest BCUT2D eigenvalue weighted by molar-refractivity contribution is 6.20. The van der Waals surface area contributed by atoms with E-state index in [1.165, 1.54) is 36.4 Å². The van der Waals surface area contributed by atoms with E-state index in [0.717, 1.165) is 44.5 Å². The first kappa shape index (κ1) is 64.7. The van der Waals surface area contributed by atoms with Gasteiger partial charge in [-0.05, 0) is 177 Å². The third-order valence-corrected chi connectivity index (χ3v) is 16.6. The van der Waals surface area contributed by atoms with Gasteiger partial charge in [0, 0.05) is 23.0 Å². The van der Waals surface area contributed by atoms with Crippen LogP contribution >= 0.6 is 0 Å². The van der Waals surface area contributed by atoms with E-state index in [-0.39, 0.29) is 80.6 Å². The van der Waals surface area contributed by atoms with Gasteiger partial charge >= 0.3 is 24.7 Å². The first-order valence-corrected chi connectivity index (χ1v) is 28.0. The number of hydrogen-bond donors (Lipinski definition) is 0. The highest BCUT2D eigenvalue weighted by Gasteiger charge is 2.52. The maximum atomic E-state index is 13.7. The van der Waals surface area contributed by atoms with E-state index in [4.69, 9.17) is 25.0 Å². The number of ketones is 2. The average Bonchev–Trinajstić information content (AvgIpc) is 1.56. The second-order valence-corrected chi connectivity index (χ2v) is 22.6. The van der Waals surface area contributed by atoms with Gasteiger partial charge in [0.2, 0.25) is 0 Å². The summed E-state index contributed by atoms with van der Waals surface area (Å²) in [6.45, 7) is 29.5. The van der Waals surface area contributed by atoms with Crippen molar-refractivity contribution in [3.8, 4) is 62.7 Å². The molecule has 8 aromatic rings. The Hall–Kier alpha value is -11.3. The molecule has 460 valence electrons. The molecule has 0 aliphatic heterocycles. The summed E-state index contributed by atoms with van der Waals surface area (Å²) in [7, 11) is 0. The summed E-state index contributed by atoms with van der Waals surface area (Å²) in [4.78, 5) is 36.8. The third kappa shape index (κ3) is 12.2. The predicted octanol–water partition coefficient (Wildman–Crippen LogP) is 20.2. The van der Waals surface area contributed by atoms with Crippen LogP contribution in [0.25, 0.3) is 70.2 Å². The normalized spacial score (nSPS) is 17.5. The molecule has 4 aliphatic carbocycles. The molecule has 12 rings (SSSR count). The first-order chi connectivity index (χ1) is 43.8. The number of alkyl halides is 12. The van der Waals surface area contributed by atoms with Gasteiger partial charge < -0.3 is 4.85 Å². The first-order valence-electron chi connectivity index (χ1n) is 28.0. The van der Waals surface area contributed by atoms with Crippen molar-refractivity contribution in [3.05, 3.63) is 280 Å². The predicted molar refractivity (Wildman–Crippen MR) is 321 cm³/mol. The number of rotatable bonds is 4. The molecule has 20 heteroatoms. The average molecular weight is 1260 g/mol. The minimum absolute atomic E-state index is 0.00620. The molecule has 4 atom stereocenters. The Morgan fingerprint density at radius 3 is 0.882 bits per heavy atom. The van der Waals surface area contributed by atoms with Crippen molar-refractivity contribution in [1.82, 2.24) is 0 Å². The molecule has 4 aliphatic rings. The SMILES string of the molecule is Cc1cc(C)cc(-c2ccc3c(c2)C(=O)C2c4ccc(-c5cc(C(F)(F)F)cc(C(F)(F)F)c5)cc4C(=O)C32)c1.[C-]#[N+]/C(C#N)=C1\c2cc(-c3cc(C)cc(C)c3)ccc2C2/C(=C(/C#N)[N+]#[C-])c3cc(-c4cc(C(F)(F)F)cc(C(F)(F)F)c4)ccc3C12.[C-]#[N+]CC#N. The van der Waals surface area contributed by atoms with Crippen molar-refractivity contribution in [1.29, 1.82) is 15.8 Å². The van der Waals surface area contributed by atoms with Gasteiger partial charge in [0.15, 0.2) is 11.6 Å². The number of benzene rings is 8.